The summed E-state index contributed by atoms with van der Waals surface area (Å²) in [7, 11) is 0. The summed E-state index contributed by atoms with van der Waals surface area (Å²) in [6, 6.07) is 8.42. The lowest BCUT2D eigenvalue weighted by Crippen LogP contribution is -2.63. The van der Waals surface area contributed by atoms with Gasteiger partial charge in [-0.25, -0.2) is 0 Å². The van der Waals surface area contributed by atoms with E-state index < -0.39 is 78.6 Å². The molecule has 16 nitrogen and oxygen atoms in total. The van der Waals surface area contributed by atoms with Crippen molar-refractivity contribution in [1.29, 1.82) is 0 Å². The van der Waals surface area contributed by atoms with Gasteiger partial charge in [0, 0.05) is 53.7 Å². The third-order valence-corrected chi connectivity index (χ3v) is 6.70. The quantitative estimate of drug-likeness (QED) is 0.171. The van der Waals surface area contributed by atoms with Crippen LogP contribution in [-0.2, 0) is 52.5 Å². The topological polar surface area (TPSA) is 206 Å². The predicted molar refractivity (Wildman–Crippen MR) is 163 cm³/mol. The first kappa shape index (κ1) is 36.1. The standard InChI is InChI=1S/C33H32O16/c1-15(34)41-14-27-30(45-18(4)37)31(46-19(5)38)32(47-20(6)39)33(49-27)48-22-9-7-21(8-10-22)24-13-42-25-11-23(43-16(2)35)12-26(44-17(3)36)28(25)29(24)40/h7-13,27,30-33H,14H2,1-6H3/t27-,30-,31+,32-,33+/m0/s1. The summed E-state index contributed by atoms with van der Waals surface area (Å²) in [6.07, 6.45) is -5.77. The van der Waals surface area contributed by atoms with Crippen molar-refractivity contribution in [3.8, 4) is 28.4 Å². The normalized spacial score (nSPS) is 20.0. The molecule has 1 fully saturated rings. The third kappa shape index (κ3) is 9.19. The van der Waals surface area contributed by atoms with Crippen LogP contribution in [-0.4, -0.2) is 73.1 Å². The Hall–Kier alpha value is -5.77. The van der Waals surface area contributed by atoms with Gasteiger partial charge in [-0.15, -0.1) is 0 Å². The Kier molecular flexibility index (Phi) is 11.4. The first-order valence-corrected chi connectivity index (χ1v) is 14.7. The largest absolute Gasteiger partial charge is 0.463 e. The molecule has 260 valence electrons. The predicted octanol–water partition coefficient (Wildman–Crippen LogP) is 2.77. The van der Waals surface area contributed by atoms with E-state index in [-0.39, 0.29) is 33.8 Å². The second kappa shape index (κ2) is 15.4. The molecule has 4 rings (SSSR count). The smallest absolute Gasteiger partial charge is 0.308 e. The lowest BCUT2D eigenvalue weighted by molar-refractivity contribution is -0.288. The fourth-order valence-corrected chi connectivity index (χ4v) is 4.98. The summed E-state index contributed by atoms with van der Waals surface area (Å²) in [6.45, 7) is 6.33. The summed E-state index contributed by atoms with van der Waals surface area (Å²) in [5.41, 5.74) is -0.158. The van der Waals surface area contributed by atoms with E-state index in [1.807, 2.05) is 0 Å². The number of carbonyl (C=O) groups is 6. The van der Waals surface area contributed by atoms with Gasteiger partial charge in [0.05, 0.1) is 5.56 Å². The number of carbonyl (C=O) groups excluding carboxylic acids is 6. The van der Waals surface area contributed by atoms with Crippen molar-refractivity contribution in [2.75, 3.05) is 6.61 Å². The van der Waals surface area contributed by atoms with Gasteiger partial charge < -0.3 is 42.3 Å². The van der Waals surface area contributed by atoms with Gasteiger partial charge in [-0.1, -0.05) is 12.1 Å². The van der Waals surface area contributed by atoms with Crippen molar-refractivity contribution in [3.63, 3.8) is 0 Å². The summed E-state index contributed by atoms with van der Waals surface area (Å²) in [5.74, 6) is -4.48. The zero-order valence-corrected chi connectivity index (χ0v) is 27.2. The summed E-state index contributed by atoms with van der Waals surface area (Å²) in [4.78, 5) is 84.6. The second-order valence-corrected chi connectivity index (χ2v) is 10.7. The molecule has 0 spiro atoms. The van der Waals surface area contributed by atoms with Crippen LogP contribution in [0.3, 0.4) is 0 Å². The van der Waals surface area contributed by atoms with Gasteiger partial charge in [-0.05, 0) is 17.7 Å². The van der Waals surface area contributed by atoms with Crippen molar-refractivity contribution in [3.05, 3.63) is 52.9 Å². The Bertz CT molecular complexity index is 1820. The highest BCUT2D eigenvalue weighted by Crippen LogP contribution is 2.34. The first-order chi connectivity index (χ1) is 23.1. The van der Waals surface area contributed by atoms with Gasteiger partial charge in [0.2, 0.25) is 17.8 Å². The number of rotatable bonds is 10. The highest BCUT2D eigenvalue weighted by atomic mass is 16.7. The van der Waals surface area contributed by atoms with E-state index in [2.05, 4.69) is 0 Å². The Labute approximate surface area is 278 Å². The number of hydrogen-bond donors (Lipinski definition) is 0. The maximum absolute atomic E-state index is 13.6. The van der Waals surface area contributed by atoms with Gasteiger partial charge in [0.15, 0.2) is 12.2 Å². The summed E-state index contributed by atoms with van der Waals surface area (Å²) < 4.78 is 49.2. The van der Waals surface area contributed by atoms with E-state index in [0.29, 0.717) is 5.56 Å². The summed E-state index contributed by atoms with van der Waals surface area (Å²) >= 11 is 0. The van der Waals surface area contributed by atoms with Crippen LogP contribution in [0.5, 0.6) is 17.2 Å². The van der Waals surface area contributed by atoms with Gasteiger partial charge in [0.25, 0.3) is 0 Å². The van der Waals surface area contributed by atoms with Crippen molar-refractivity contribution in [2.24, 2.45) is 0 Å². The average Bonchev–Trinajstić information content (AvgIpc) is 2.98. The van der Waals surface area contributed by atoms with E-state index in [4.69, 9.17) is 42.3 Å². The fraction of sp³-hybridized carbons (Fsp3) is 0.364. The molecule has 49 heavy (non-hydrogen) atoms. The molecule has 1 aliphatic heterocycles. The molecule has 0 aliphatic carbocycles. The van der Waals surface area contributed by atoms with Gasteiger partial charge in [-0.3, -0.25) is 33.6 Å². The van der Waals surface area contributed by atoms with E-state index >= 15 is 0 Å². The zero-order valence-electron chi connectivity index (χ0n) is 27.2. The molecule has 0 amide bonds. The number of hydrogen-bond acceptors (Lipinski definition) is 16. The van der Waals surface area contributed by atoms with Gasteiger partial charge in [-0.2, -0.15) is 0 Å². The van der Waals surface area contributed by atoms with Crippen LogP contribution in [0, 0.1) is 0 Å². The van der Waals surface area contributed by atoms with Crippen LogP contribution in [0.1, 0.15) is 41.5 Å². The highest BCUT2D eigenvalue weighted by Gasteiger charge is 2.53. The van der Waals surface area contributed by atoms with E-state index in [1.165, 1.54) is 49.6 Å². The minimum absolute atomic E-state index is 0.00384. The maximum atomic E-state index is 13.6. The van der Waals surface area contributed by atoms with Crippen LogP contribution in [0.15, 0.2) is 51.9 Å². The first-order valence-electron chi connectivity index (χ1n) is 14.7. The average molecular weight is 685 g/mol. The monoisotopic (exact) mass is 684 g/mol. The maximum Gasteiger partial charge on any atom is 0.308 e. The van der Waals surface area contributed by atoms with Crippen LogP contribution in [0.25, 0.3) is 22.1 Å². The molecule has 1 aromatic heterocycles. The molecule has 16 heteroatoms. The molecular weight excluding hydrogens is 652 g/mol. The second-order valence-electron chi connectivity index (χ2n) is 10.7. The van der Waals surface area contributed by atoms with E-state index in [0.717, 1.165) is 34.6 Å². The molecule has 0 N–H and O–H groups in total. The molecule has 0 saturated carbocycles. The molecular formula is C33H32O16. The minimum atomic E-state index is -1.48. The number of ether oxygens (including phenoxy) is 8. The number of fused-ring (bicyclic) bond motifs is 1. The fourth-order valence-electron chi connectivity index (χ4n) is 4.98. The van der Waals surface area contributed by atoms with Crippen LogP contribution < -0.4 is 19.6 Å². The van der Waals surface area contributed by atoms with E-state index in [9.17, 15) is 33.6 Å². The minimum Gasteiger partial charge on any atom is -0.463 e. The molecule has 0 unspecified atom stereocenters. The van der Waals surface area contributed by atoms with Crippen molar-refractivity contribution >= 4 is 46.8 Å². The van der Waals surface area contributed by atoms with Crippen molar-refractivity contribution in [2.45, 2.75) is 72.2 Å². The number of benzene rings is 2. The zero-order chi connectivity index (χ0) is 36.0. The van der Waals surface area contributed by atoms with Crippen LogP contribution in [0.4, 0.5) is 0 Å². The molecule has 1 saturated heterocycles. The Morgan fingerprint density at radius 1 is 0.673 bits per heavy atom. The Balaban J connectivity index is 1.69. The Morgan fingerprint density at radius 3 is 1.84 bits per heavy atom. The molecule has 2 aromatic carbocycles. The lowest BCUT2D eigenvalue weighted by atomic mass is 9.98. The van der Waals surface area contributed by atoms with Crippen LogP contribution in [0.2, 0.25) is 0 Å². The molecule has 1 aliphatic rings. The molecule has 5 atom stereocenters. The molecule has 3 aromatic rings. The Morgan fingerprint density at radius 2 is 1.27 bits per heavy atom. The van der Waals surface area contributed by atoms with Crippen molar-refractivity contribution in [1.82, 2.24) is 0 Å². The van der Waals surface area contributed by atoms with Crippen molar-refractivity contribution < 1.29 is 71.1 Å². The SMILES string of the molecule is CC(=O)OC[C@@H]1O[C@@H](Oc2ccc(-c3coc4cc(OC(C)=O)cc(OC(C)=O)c4c3=O)cc2)[C@@H](OC(C)=O)[C@H](OC(C)=O)[C@H]1OC(C)=O. The van der Waals surface area contributed by atoms with Crippen LogP contribution >= 0.6 is 0 Å². The highest BCUT2D eigenvalue weighted by molar-refractivity contribution is 5.91. The molecule has 0 radical (unpaired) electrons. The van der Waals surface area contributed by atoms with Gasteiger partial charge >= 0.3 is 35.8 Å². The summed E-state index contributed by atoms with van der Waals surface area (Å²) in [5, 5.41) is -0.0820. The molecule has 0 bridgehead atoms. The van der Waals surface area contributed by atoms with E-state index in [1.54, 1.807) is 0 Å². The third-order valence-electron chi connectivity index (χ3n) is 6.70. The van der Waals surface area contributed by atoms with Gasteiger partial charge in [0.1, 0.15) is 47.2 Å². The number of esters is 6. The lowest BCUT2D eigenvalue weighted by Gasteiger charge is -2.43. The molecule has 2 heterocycles.